The highest BCUT2D eigenvalue weighted by Crippen LogP contribution is 2.34. The zero-order chi connectivity index (χ0) is 21.3. The fraction of sp³-hybridized carbons (Fsp3) is 0.632. The lowest BCUT2D eigenvalue weighted by Crippen LogP contribution is -2.42. The molecule has 0 aromatic carbocycles. The summed E-state index contributed by atoms with van der Waals surface area (Å²) in [6.45, 7) is 0.302. The third-order valence-corrected chi connectivity index (χ3v) is 6.38. The molecule has 0 unspecified atom stereocenters. The minimum atomic E-state index is -4.47. The van der Waals surface area contributed by atoms with Gasteiger partial charge in [-0.05, 0) is 48.0 Å². The largest absolute Gasteiger partial charge is 0.406 e. The van der Waals surface area contributed by atoms with Crippen molar-refractivity contribution < 1.29 is 17.9 Å². The van der Waals surface area contributed by atoms with Gasteiger partial charge >= 0.3 is 6.18 Å². The molecule has 162 valence electrons. The van der Waals surface area contributed by atoms with Crippen molar-refractivity contribution in [2.45, 2.75) is 63.0 Å². The van der Waals surface area contributed by atoms with Gasteiger partial charge in [0, 0.05) is 24.7 Å². The molecule has 2 aliphatic rings. The van der Waals surface area contributed by atoms with Gasteiger partial charge in [0.1, 0.15) is 23.9 Å². The second-order valence-electron chi connectivity index (χ2n) is 7.82. The van der Waals surface area contributed by atoms with E-state index in [0.717, 1.165) is 49.9 Å². The number of fused-ring (bicyclic) bond motifs is 1. The van der Waals surface area contributed by atoms with Crippen LogP contribution in [0.25, 0.3) is 11.0 Å². The van der Waals surface area contributed by atoms with Crippen LogP contribution in [-0.2, 0) is 11.3 Å². The average Bonchev–Trinajstić information content (AvgIpc) is 3.32. The molecule has 30 heavy (non-hydrogen) atoms. The Morgan fingerprint density at radius 3 is 2.57 bits per heavy atom. The van der Waals surface area contributed by atoms with Gasteiger partial charge in [0.2, 0.25) is 5.82 Å². The van der Waals surface area contributed by atoms with Crippen molar-refractivity contribution in [1.82, 2.24) is 19.9 Å². The van der Waals surface area contributed by atoms with Crippen LogP contribution in [-0.4, -0.2) is 52.1 Å². The topological polar surface area (TPSA) is 87.8 Å². The van der Waals surface area contributed by atoms with Crippen LogP contribution in [0.3, 0.4) is 0 Å². The number of halogens is 4. The number of nitrogens with zero attached hydrogens (tertiary/aromatic N) is 4. The Labute approximate surface area is 180 Å². The predicted octanol–water partition coefficient (Wildman–Crippen LogP) is 3.73. The Morgan fingerprint density at radius 1 is 1.20 bits per heavy atom. The SMILES string of the molecule is N#Cc1nc2cnc(NC3CCC(N[C@H]4CCOC4)CC3)c(Br)c2n1CC(F)(F)F. The maximum absolute atomic E-state index is 13.0. The standard InChI is InChI=1S/C19H22BrF3N6O/c20-16-17-14(28-15(7-24)29(17)10-19(21,22)23)8-25-18(16)27-12-3-1-11(2-4-12)26-13-5-6-30-9-13/h8,11-13,26H,1-6,9-10H2,(H,25,27)/t11?,12?,13-/m0/s1. The number of anilines is 1. The molecule has 0 amide bonds. The first-order valence-electron chi connectivity index (χ1n) is 9.96. The Bertz CT molecular complexity index is 942. The summed E-state index contributed by atoms with van der Waals surface area (Å²) in [6.07, 6.45) is 1.88. The first kappa shape index (κ1) is 21.3. The van der Waals surface area contributed by atoms with Crippen LogP contribution in [0.2, 0.25) is 0 Å². The summed E-state index contributed by atoms with van der Waals surface area (Å²) in [5, 5.41) is 16.2. The van der Waals surface area contributed by atoms with Crippen molar-refractivity contribution in [2.75, 3.05) is 18.5 Å². The van der Waals surface area contributed by atoms with Gasteiger partial charge in [-0.3, -0.25) is 0 Å². The quantitative estimate of drug-likeness (QED) is 0.669. The maximum atomic E-state index is 13.0. The Kier molecular flexibility index (Phi) is 6.18. The summed E-state index contributed by atoms with van der Waals surface area (Å²) >= 11 is 3.39. The summed E-state index contributed by atoms with van der Waals surface area (Å²) in [6, 6.07) is 2.81. The van der Waals surface area contributed by atoms with E-state index < -0.39 is 12.7 Å². The van der Waals surface area contributed by atoms with Crippen LogP contribution >= 0.6 is 15.9 Å². The zero-order valence-corrected chi connectivity index (χ0v) is 17.8. The number of aromatic nitrogens is 3. The van der Waals surface area contributed by atoms with Gasteiger partial charge in [-0.15, -0.1) is 0 Å². The van der Waals surface area contributed by atoms with Crippen molar-refractivity contribution in [2.24, 2.45) is 0 Å². The molecule has 2 fully saturated rings. The number of nitrogens with one attached hydrogen (secondary N) is 2. The highest BCUT2D eigenvalue weighted by molar-refractivity contribution is 9.10. The van der Waals surface area contributed by atoms with Crippen LogP contribution in [0, 0.1) is 11.3 Å². The van der Waals surface area contributed by atoms with Gasteiger partial charge in [0.15, 0.2) is 0 Å². The van der Waals surface area contributed by atoms with E-state index in [0.29, 0.717) is 22.4 Å². The highest BCUT2D eigenvalue weighted by Gasteiger charge is 2.32. The molecule has 4 rings (SSSR count). The van der Waals surface area contributed by atoms with Crippen LogP contribution < -0.4 is 10.6 Å². The summed E-state index contributed by atoms with van der Waals surface area (Å²) in [5.41, 5.74) is 0.470. The van der Waals surface area contributed by atoms with Gasteiger partial charge in [-0.2, -0.15) is 18.4 Å². The molecule has 0 bridgehead atoms. The smallest absolute Gasteiger partial charge is 0.380 e. The Morgan fingerprint density at radius 2 is 1.93 bits per heavy atom. The van der Waals surface area contributed by atoms with Crippen molar-refractivity contribution >= 4 is 32.8 Å². The molecule has 2 aromatic heterocycles. The van der Waals surface area contributed by atoms with Crippen LogP contribution in [0.4, 0.5) is 19.0 Å². The Balaban J connectivity index is 1.48. The van der Waals surface area contributed by atoms with E-state index in [2.05, 4.69) is 36.5 Å². The van der Waals surface area contributed by atoms with Crippen molar-refractivity contribution in [3.8, 4) is 6.07 Å². The van der Waals surface area contributed by atoms with Crippen molar-refractivity contribution in [1.29, 1.82) is 5.26 Å². The second-order valence-corrected chi connectivity index (χ2v) is 8.62. The second kappa shape index (κ2) is 8.69. The molecule has 1 saturated carbocycles. The van der Waals surface area contributed by atoms with E-state index in [4.69, 9.17) is 4.74 Å². The average molecular weight is 487 g/mol. The van der Waals surface area contributed by atoms with E-state index in [1.54, 1.807) is 6.07 Å². The molecular weight excluding hydrogens is 465 g/mol. The maximum Gasteiger partial charge on any atom is 0.406 e. The van der Waals surface area contributed by atoms with Crippen molar-refractivity contribution in [3.05, 3.63) is 16.5 Å². The Hall–Kier alpha value is -1.90. The molecule has 11 heteroatoms. The van der Waals surface area contributed by atoms with E-state index in [1.807, 2.05) is 0 Å². The lowest BCUT2D eigenvalue weighted by atomic mass is 9.90. The number of rotatable bonds is 5. The number of nitriles is 1. The number of alkyl halides is 3. The molecular formula is C19H22BrF3N6O. The molecule has 1 saturated heterocycles. The van der Waals surface area contributed by atoms with Crippen molar-refractivity contribution in [3.63, 3.8) is 0 Å². The van der Waals surface area contributed by atoms with E-state index >= 15 is 0 Å². The van der Waals surface area contributed by atoms with Gasteiger partial charge < -0.3 is 19.9 Å². The van der Waals surface area contributed by atoms with E-state index in [1.165, 1.54) is 6.20 Å². The van der Waals surface area contributed by atoms with Crippen LogP contribution in [0.15, 0.2) is 10.7 Å². The summed E-state index contributed by atoms with van der Waals surface area (Å²) < 4.78 is 45.8. The summed E-state index contributed by atoms with van der Waals surface area (Å²) in [5.74, 6) is 0.181. The van der Waals surface area contributed by atoms with Gasteiger partial charge in [0.25, 0.3) is 0 Å². The molecule has 1 atom stereocenters. The van der Waals surface area contributed by atoms with Crippen LogP contribution in [0.5, 0.6) is 0 Å². The summed E-state index contributed by atoms with van der Waals surface area (Å²) in [4.78, 5) is 8.32. The molecule has 0 spiro atoms. The van der Waals surface area contributed by atoms with Gasteiger partial charge in [0.05, 0.1) is 22.8 Å². The monoisotopic (exact) mass is 486 g/mol. The number of pyridine rings is 1. The molecule has 1 aliphatic heterocycles. The lowest BCUT2D eigenvalue weighted by molar-refractivity contribution is -0.140. The predicted molar refractivity (Wildman–Crippen MR) is 108 cm³/mol. The summed E-state index contributed by atoms with van der Waals surface area (Å²) in [7, 11) is 0. The normalized spacial score (nSPS) is 24.8. The molecule has 2 aromatic rings. The molecule has 3 heterocycles. The van der Waals surface area contributed by atoms with Gasteiger partial charge in [-0.1, -0.05) is 0 Å². The number of hydrogen-bond donors (Lipinski definition) is 2. The molecule has 2 N–H and O–H groups in total. The third kappa shape index (κ3) is 4.71. The van der Waals surface area contributed by atoms with Crippen LogP contribution in [0.1, 0.15) is 37.9 Å². The minimum Gasteiger partial charge on any atom is -0.380 e. The third-order valence-electron chi connectivity index (χ3n) is 5.63. The van der Waals surface area contributed by atoms with E-state index in [-0.39, 0.29) is 22.9 Å². The minimum absolute atomic E-state index is 0.179. The zero-order valence-electron chi connectivity index (χ0n) is 16.2. The molecule has 7 nitrogen and oxygen atoms in total. The number of imidazole rings is 1. The number of ether oxygens (including phenoxy) is 1. The first-order valence-corrected chi connectivity index (χ1v) is 10.8. The lowest BCUT2D eigenvalue weighted by Gasteiger charge is -2.31. The molecule has 1 aliphatic carbocycles. The molecule has 0 radical (unpaired) electrons. The highest BCUT2D eigenvalue weighted by atomic mass is 79.9. The fourth-order valence-electron chi connectivity index (χ4n) is 4.20. The van der Waals surface area contributed by atoms with E-state index in [9.17, 15) is 18.4 Å². The first-order chi connectivity index (χ1) is 14.3. The number of hydrogen-bond acceptors (Lipinski definition) is 6. The van der Waals surface area contributed by atoms with Gasteiger partial charge in [-0.25, -0.2) is 9.97 Å². The fourth-order valence-corrected chi connectivity index (χ4v) is 4.84.